The fourth-order valence-electron chi connectivity index (χ4n) is 2.18. The van der Waals surface area contributed by atoms with Crippen molar-refractivity contribution >= 4 is 39.4 Å². The highest BCUT2D eigenvalue weighted by Crippen LogP contribution is 2.21. The van der Waals surface area contributed by atoms with Gasteiger partial charge in [0.15, 0.2) is 0 Å². The minimum atomic E-state index is -0.499. The van der Waals surface area contributed by atoms with Gasteiger partial charge in [-0.1, -0.05) is 23.7 Å². The fourth-order valence-corrected chi connectivity index (χ4v) is 2.83. The van der Waals surface area contributed by atoms with E-state index in [0.717, 1.165) is 10.0 Å². The molecule has 23 heavy (non-hydrogen) atoms. The summed E-state index contributed by atoms with van der Waals surface area (Å²) in [7, 11) is 3.09. The topological polar surface area (TPSA) is 60.3 Å². The van der Waals surface area contributed by atoms with Crippen LogP contribution in [0.25, 0.3) is 0 Å². The summed E-state index contributed by atoms with van der Waals surface area (Å²) in [6.07, 6.45) is 1.82. The van der Waals surface area contributed by atoms with E-state index in [4.69, 9.17) is 16.3 Å². The number of ether oxygens (including phenoxy) is 1. The van der Waals surface area contributed by atoms with Gasteiger partial charge in [0.05, 0.1) is 19.6 Å². The van der Waals surface area contributed by atoms with Gasteiger partial charge in [-0.05, 0) is 39.7 Å². The van der Waals surface area contributed by atoms with E-state index in [1.165, 1.54) is 7.11 Å². The van der Waals surface area contributed by atoms with Gasteiger partial charge in [0.1, 0.15) is 5.69 Å². The van der Waals surface area contributed by atoms with Crippen LogP contribution in [-0.4, -0.2) is 23.6 Å². The molecule has 0 aliphatic rings. The molecule has 0 fully saturated rings. The van der Waals surface area contributed by atoms with Crippen molar-refractivity contribution in [2.45, 2.75) is 12.5 Å². The Hall–Kier alpha value is -1.79. The molecular formula is C16H16BrClN2O3. The van der Waals surface area contributed by atoms with Gasteiger partial charge in [0.2, 0.25) is 0 Å². The highest BCUT2D eigenvalue weighted by atomic mass is 79.9. The van der Waals surface area contributed by atoms with Gasteiger partial charge in [-0.2, -0.15) is 0 Å². The van der Waals surface area contributed by atoms with Gasteiger partial charge in [-0.3, -0.25) is 9.59 Å². The molecule has 5 nitrogen and oxygen atoms in total. The first-order valence-electron chi connectivity index (χ1n) is 6.85. The van der Waals surface area contributed by atoms with E-state index in [-0.39, 0.29) is 12.3 Å². The average Bonchev–Trinajstić information content (AvgIpc) is 2.86. The van der Waals surface area contributed by atoms with Crippen LogP contribution in [0.15, 0.2) is 41.0 Å². The number of carbonyl (C=O) groups is 2. The van der Waals surface area contributed by atoms with E-state index in [0.29, 0.717) is 10.7 Å². The van der Waals surface area contributed by atoms with Gasteiger partial charge in [0.25, 0.3) is 5.91 Å². The van der Waals surface area contributed by atoms with Crippen molar-refractivity contribution < 1.29 is 14.3 Å². The van der Waals surface area contributed by atoms with E-state index in [1.54, 1.807) is 48.1 Å². The molecule has 1 unspecified atom stereocenters. The summed E-state index contributed by atoms with van der Waals surface area (Å²) >= 11 is 9.22. The van der Waals surface area contributed by atoms with Crippen LogP contribution in [0.4, 0.5) is 0 Å². The van der Waals surface area contributed by atoms with E-state index in [1.807, 2.05) is 0 Å². The molecule has 1 atom stereocenters. The Morgan fingerprint density at radius 2 is 2.00 bits per heavy atom. The number of halogens is 2. The van der Waals surface area contributed by atoms with Crippen LogP contribution in [0.3, 0.4) is 0 Å². The zero-order chi connectivity index (χ0) is 17.0. The molecule has 1 N–H and O–H groups in total. The second-order valence-corrected chi connectivity index (χ2v) is 6.36. The van der Waals surface area contributed by atoms with Crippen molar-refractivity contribution in [3.63, 3.8) is 0 Å². The number of amides is 1. The third-order valence-electron chi connectivity index (χ3n) is 3.38. The van der Waals surface area contributed by atoms with Crippen molar-refractivity contribution in [3.05, 3.63) is 57.3 Å². The second kappa shape index (κ2) is 7.66. The lowest BCUT2D eigenvalue weighted by Crippen LogP contribution is -2.31. The monoisotopic (exact) mass is 398 g/mol. The van der Waals surface area contributed by atoms with Gasteiger partial charge in [0, 0.05) is 22.7 Å². The Labute approximate surface area is 147 Å². The summed E-state index contributed by atoms with van der Waals surface area (Å²) in [5.41, 5.74) is 1.27. The highest BCUT2D eigenvalue weighted by Gasteiger charge is 2.21. The van der Waals surface area contributed by atoms with E-state index in [9.17, 15) is 9.59 Å². The molecule has 0 spiro atoms. The number of nitrogens with zero attached hydrogens (tertiary/aromatic N) is 1. The number of aromatic nitrogens is 1. The number of hydrogen-bond donors (Lipinski definition) is 1. The molecule has 0 bridgehead atoms. The summed E-state index contributed by atoms with van der Waals surface area (Å²) in [4.78, 5) is 24.1. The first kappa shape index (κ1) is 17.6. The number of rotatable bonds is 5. The molecule has 2 aromatic rings. The summed E-state index contributed by atoms with van der Waals surface area (Å²) in [6.45, 7) is 0. The number of nitrogens with one attached hydrogen (secondary N) is 1. The predicted molar refractivity (Wildman–Crippen MR) is 91.4 cm³/mol. The van der Waals surface area contributed by atoms with Crippen molar-refractivity contribution in [3.8, 4) is 0 Å². The molecule has 1 heterocycles. The summed E-state index contributed by atoms with van der Waals surface area (Å²) in [5.74, 6) is -0.680. The number of aryl methyl sites for hydroxylation is 1. The molecule has 0 saturated heterocycles. The quantitative estimate of drug-likeness (QED) is 0.783. The normalized spacial score (nSPS) is 11.8. The first-order valence-corrected chi connectivity index (χ1v) is 8.03. The van der Waals surface area contributed by atoms with E-state index < -0.39 is 12.0 Å². The summed E-state index contributed by atoms with van der Waals surface area (Å²) in [5, 5.41) is 3.45. The fraction of sp³-hybridized carbons (Fsp3) is 0.250. The first-order chi connectivity index (χ1) is 10.9. The number of hydrogen-bond acceptors (Lipinski definition) is 3. The maximum Gasteiger partial charge on any atom is 0.307 e. The number of benzene rings is 1. The van der Waals surface area contributed by atoms with Crippen LogP contribution in [-0.2, 0) is 16.6 Å². The molecular weight excluding hydrogens is 384 g/mol. The molecule has 0 aliphatic heterocycles. The molecule has 0 aliphatic carbocycles. The lowest BCUT2D eigenvalue weighted by atomic mass is 10.0. The van der Waals surface area contributed by atoms with Crippen LogP contribution >= 0.6 is 27.5 Å². The molecule has 7 heteroatoms. The van der Waals surface area contributed by atoms with Crippen molar-refractivity contribution in [1.82, 2.24) is 9.88 Å². The van der Waals surface area contributed by atoms with Gasteiger partial charge >= 0.3 is 5.97 Å². The number of methoxy groups -OCH3 is 1. The Morgan fingerprint density at radius 1 is 1.35 bits per heavy atom. The molecule has 1 amide bonds. The molecule has 1 aromatic carbocycles. The maximum absolute atomic E-state index is 12.5. The number of esters is 1. The third-order valence-corrected chi connectivity index (χ3v) is 4.07. The molecule has 1 aromatic heterocycles. The Bertz CT molecular complexity index is 713. The Balaban J connectivity index is 2.23. The zero-order valence-corrected chi connectivity index (χ0v) is 15.0. The van der Waals surface area contributed by atoms with Gasteiger partial charge < -0.3 is 14.6 Å². The Morgan fingerprint density at radius 3 is 2.52 bits per heavy atom. The molecule has 2 rings (SSSR count). The van der Waals surface area contributed by atoms with Crippen LogP contribution < -0.4 is 5.32 Å². The lowest BCUT2D eigenvalue weighted by Gasteiger charge is -2.18. The van der Waals surface area contributed by atoms with Crippen molar-refractivity contribution in [2.24, 2.45) is 7.05 Å². The van der Waals surface area contributed by atoms with Crippen LogP contribution in [0, 0.1) is 0 Å². The lowest BCUT2D eigenvalue weighted by molar-refractivity contribution is -0.141. The highest BCUT2D eigenvalue weighted by molar-refractivity contribution is 9.10. The predicted octanol–water partition coefficient (Wildman–Crippen LogP) is 3.48. The SMILES string of the molecule is COC(=O)CC(NC(=O)c1cc(Br)cn1C)c1ccc(Cl)cc1. The van der Waals surface area contributed by atoms with Crippen molar-refractivity contribution in [2.75, 3.05) is 7.11 Å². The van der Waals surface area contributed by atoms with Gasteiger partial charge in [-0.25, -0.2) is 0 Å². The van der Waals surface area contributed by atoms with Crippen LogP contribution in [0.5, 0.6) is 0 Å². The van der Waals surface area contributed by atoms with Crippen LogP contribution in [0.1, 0.15) is 28.5 Å². The largest absolute Gasteiger partial charge is 0.469 e. The van der Waals surface area contributed by atoms with Crippen molar-refractivity contribution in [1.29, 1.82) is 0 Å². The molecule has 0 saturated carbocycles. The van der Waals surface area contributed by atoms with Gasteiger partial charge in [-0.15, -0.1) is 0 Å². The summed E-state index contributed by atoms with van der Waals surface area (Å²) < 4.78 is 7.22. The summed E-state index contributed by atoms with van der Waals surface area (Å²) in [6, 6.07) is 8.19. The minimum Gasteiger partial charge on any atom is -0.469 e. The standard InChI is InChI=1S/C16H16BrClN2O3/c1-20-9-11(17)7-14(20)16(22)19-13(8-15(21)23-2)10-3-5-12(18)6-4-10/h3-7,9,13H,8H2,1-2H3,(H,19,22). The zero-order valence-electron chi connectivity index (χ0n) is 12.7. The second-order valence-electron chi connectivity index (χ2n) is 5.01. The number of carbonyl (C=O) groups excluding carboxylic acids is 2. The average molecular weight is 400 g/mol. The van der Waals surface area contributed by atoms with E-state index >= 15 is 0 Å². The minimum absolute atomic E-state index is 0.0372. The molecule has 0 radical (unpaired) electrons. The smallest absolute Gasteiger partial charge is 0.307 e. The Kier molecular flexibility index (Phi) is 5.85. The molecule has 122 valence electrons. The van der Waals surface area contributed by atoms with E-state index in [2.05, 4.69) is 21.2 Å². The third kappa shape index (κ3) is 4.59. The van der Waals surface area contributed by atoms with Crippen LogP contribution in [0.2, 0.25) is 5.02 Å². The maximum atomic E-state index is 12.5.